The summed E-state index contributed by atoms with van der Waals surface area (Å²) in [5.74, 6) is -0.480. The van der Waals surface area contributed by atoms with Crippen LogP contribution in [0, 0.1) is 0 Å². The van der Waals surface area contributed by atoms with Crippen LogP contribution in [0.5, 0.6) is 0 Å². The van der Waals surface area contributed by atoms with E-state index >= 15 is 0 Å². The number of rotatable bonds is 2. The second-order valence-corrected chi connectivity index (χ2v) is 5.53. The Morgan fingerprint density at radius 1 is 1.33 bits per heavy atom. The molecule has 1 heterocycles. The maximum atomic E-state index is 11.7. The molecule has 1 aromatic rings. The van der Waals surface area contributed by atoms with Crippen molar-refractivity contribution in [1.29, 1.82) is 0 Å². The van der Waals surface area contributed by atoms with Gasteiger partial charge in [-0.1, -0.05) is 23.2 Å². The molecule has 1 N–H and O–H groups in total. The van der Waals surface area contributed by atoms with Crippen LogP contribution in [-0.4, -0.2) is 29.8 Å². The molecule has 1 aromatic carbocycles. The van der Waals surface area contributed by atoms with Crippen LogP contribution >= 0.6 is 39.1 Å². The molecule has 1 aliphatic heterocycles. The van der Waals surface area contributed by atoms with Gasteiger partial charge in [0.25, 0.3) is 5.91 Å². The van der Waals surface area contributed by atoms with Crippen LogP contribution in [0.3, 0.4) is 0 Å². The van der Waals surface area contributed by atoms with Crippen molar-refractivity contribution in [2.45, 2.75) is 12.5 Å². The van der Waals surface area contributed by atoms with Crippen molar-refractivity contribution in [1.82, 2.24) is 4.90 Å². The number of amides is 2. The topological polar surface area (TPSA) is 49.4 Å². The molecule has 7 heteroatoms. The zero-order valence-corrected chi connectivity index (χ0v) is 12.4. The quantitative estimate of drug-likeness (QED) is 0.658. The zero-order chi connectivity index (χ0) is 13.4. The Bertz CT molecular complexity index is 536. The minimum absolute atomic E-state index is 0.124. The normalized spacial score (nSPS) is 19.6. The molecule has 1 saturated heterocycles. The SMILES string of the molecule is CN1C(=O)CC(Nc2ccc(Br)c(Cl)c2Cl)C1=O. The summed E-state index contributed by atoms with van der Waals surface area (Å²) in [6.45, 7) is 0. The molecular weight excluding hydrogens is 343 g/mol. The number of carbonyl (C=O) groups is 2. The highest BCUT2D eigenvalue weighted by Gasteiger charge is 2.36. The molecule has 1 unspecified atom stereocenters. The van der Waals surface area contributed by atoms with Gasteiger partial charge in [-0.05, 0) is 28.1 Å². The highest BCUT2D eigenvalue weighted by Crippen LogP contribution is 2.36. The highest BCUT2D eigenvalue weighted by atomic mass is 79.9. The molecule has 0 bridgehead atoms. The molecule has 0 spiro atoms. The van der Waals surface area contributed by atoms with Gasteiger partial charge in [-0.3, -0.25) is 14.5 Å². The molecule has 1 atom stereocenters. The molecule has 0 saturated carbocycles. The van der Waals surface area contributed by atoms with Crippen molar-refractivity contribution in [3.8, 4) is 0 Å². The van der Waals surface area contributed by atoms with Gasteiger partial charge >= 0.3 is 0 Å². The third kappa shape index (κ3) is 2.35. The first-order valence-corrected chi connectivity index (χ1v) is 6.67. The third-order valence-electron chi connectivity index (χ3n) is 2.75. The maximum absolute atomic E-state index is 11.7. The third-order valence-corrected chi connectivity index (χ3v) is 4.52. The Kier molecular flexibility index (Phi) is 3.84. The van der Waals surface area contributed by atoms with Crippen LogP contribution in [0.15, 0.2) is 16.6 Å². The number of carbonyl (C=O) groups excluding carboxylic acids is 2. The van der Waals surface area contributed by atoms with Crippen LogP contribution < -0.4 is 5.32 Å². The molecule has 2 amide bonds. The summed E-state index contributed by atoms with van der Waals surface area (Å²) in [6, 6.07) is 2.84. The largest absolute Gasteiger partial charge is 0.372 e. The fourth-order valence-corrected chi connectivity index (χ4v) is 2.52. The van der Waals surface area contributed by atoms with Gasteiger partial charge in [0.15, 0.2) is 0 Å². The number of anilines is 1. The van der Waals surface area contributed by atoms with E-state index in [0.717, 1.165) is 4.90 Å². The van der Waals surface area contributed by atoms with Crippen LogP contribution in [-0.2, 0) is 9.59 Å². The average Bonchev–Trinajstić information content (AvgIpc) is 2.58. The van der Waals surface area contributed by atoms with Crippen LogP contribution in [0.4, 0.5) is 5.69 Å². The van der Waals surface area contributed by atoms with Crippen LogP contribution in [0.2, 0.25) is 10.0 Å². The van der Waals surface area contributed by atoms with Crippen molar-refractivity contribution in [2.24, 2.45) is 0 Å². The van der Waals surface area contributed by atoms with E-state index in [1.165, 1.54) is 7.05 Å². The first-order valence-electron chi connectivity index (χ1n) is 5.12. The Labute approximate surface area is 122 Å². The maximum Gasteiger partial charge on any atom is 0.251 e. The second-order valence-electron chi connectivity index (χ2n) is 3.91. The van der Waals surface area contributed by atoms with Gasteiger partial charge in [0.05, 0.1) is 22.2 Å². The van der Waals surface area contributed by atoms with Crippen molar-refractivity contribution < 1.29 is 9.59 Å². The minimum atomic E-state index is -0.586. The molecule has 0 aliphatic carbocycles. The molecular formula is C11H9BrCl2N2O2. The molecule has 2 rings (SSSR count). The number of likely N-dealkylation sites (tertiary alicyclic amines) is 1. The number of nitrogens with one attached hydrogen (secondary N) is 1. The van der Waals surface area contributed by atoms with E-state index < -0.39 is 6.04 Å². The minimum Gasteiger partial charge on any atom is -0.372 e. The summed E-state index contributed by atoms with van der Waals surface area (Å²) >= 11 is 15.3. The number of imide groups is 1. The lowest BCUT2D eigenvalue weighted by molar-refractivity contribution is -0.136. The zero-order valence-electron chi connectivity index (χ0n) is 9.34. The first-order chi connectivity index (χ1) is 8.41. The van der Waals surface area contributed by atoms with Crippen LogP contribution in [0.25, 0.3) is 0 Å². The van der Waals surface area contributed by atoms with E-state index in [1.807, 2.05) is 0 Å². The van der Waals surface area contributed by atoms with Crippen molar-refractivity contribution in [3.63, 3.8) is 0 Å². The lowest BCUT2D eigenvalue weighted by Crippen LogP contribution is -2.31. The predicted molar refractivity (Wildman–Crippen MR) is 74.0 cm³/mol. The Hall–Kier alpha value is -0.780. The van der Waals surface area contributed by atoms with E-state index in [4.69, 9.17) is 23.2 Å². The molecule has 96 valence electrons. The molecule has 0 radical (unpaired) electrons. The lowest BCUT2D eigenvalue weighted by atomic mass is 10.2. The summed E-state index contributed by atoms with van der Waals surface area (Å²) in [4.78, 5) is 24.2. The highest BCUT2D eigenvalue weighted by molar-refractivity contribution is 9.10. The van der Waals surface area contributed by atoms with Crippen molar-refractivity contribution >= 4 is 56.6 Å². The fraction of sp³-hybridized carbons (Fsp3) is 0.273. The number of hydrogen-bond donors (Lipinski definition) is 1. The summed E-state index contributed by atoms with van der Waals surface area (Å²) in [6.07, 6.45) is 0.124. The second kappa shape index (κ2) is 5.07. The number of halogens is 3. The van der Waals surface area contributed by atoms with Gasteiger partial charge in [-0.25, -0.2) is 0 Å². The van der Waals surface area contributed by atoms with Crippen LogP contribution in [0.1, 0.15) is 6.42 Å². The smallest absolute Gasteiger partial charge is 0.251 e. The summed E-state index contributed by atoms with van der Waals surface area (Å²) in [7, 11) is 1.46. The van der Waals surface area contributed by atoms with E-state index in [2.05, 4.69) is 21.2 Å². The summed E-state index contributed by atoms with van der Waals surface area (Å²) in [5, 5.41) is 3.63. The van der Waals surface area contributed by atoms with Crippen molar-refractivity contribution in [2.75, 3.05) is 12.4 Å². The Balaban J connectivity index is 2.23. The van der Waals surface area contributed by atoms with Crippen molar-refractivity contribution in [3.05, 3.63) is 26.7 Å². The molecule has 1 aliphatic rings. The van der Waals surface area contributed by atoms with Gasteiger partial charge in [-0.15, -0.1) is 0 Å². The number of nitrogens with zero attached hydrogens (tertiary/aromatic N) is 1. The van der Waals surface area contributed by atoms with E-state index in [9.17, 15) is 9.59 Å². The van der Waals surface area contributed by atoms with Gasteiger partial charge in [0.1, 0.15) is 6.04 Å². The predicted octanol–water partition coefficient (Wildman–Crippen LogP) is 2.93. The van der Waals surface area contributed by atoms with E-state index in [-0.39, 0.29) is 18.2 Å². The van der Waals surface area contributed by atoms with Gasteiger partial charge in [0.2, 0.25) is 5.91 Å². The molecule has 18 heavy (non-hydrogen) atoms. The van der Waals surface area contributed by atoms with Gasteiger partial charge < -0.3 is 5.32 Å². The molecule has 1 fully saturated rings. The fourth-order valence-electron chi connectivity index (χ4n) is 1.69. The Morgan fingerprint density at radius 2 is 2.00 bits per heavy atom. The van der Waals surface area contributed by atoms with E-state index in [0.29, 0.717) is 20.2 Å². The van der Waals surface area contributed by atoms with Gasteiger partial charge in [0, 0.05) is 11.5 Å². The summed E-state index contributed by atoms with van der Waals surface area (Å²) in [5.41, 5.74) is 0.534. The monoisotopic (exact) mass is 350 g/mol. The molecule has 0 aromatic heterocycles. The number of hydrogen-bond acceptors (Lipinski definition) is 3. The average molecular weight is 352 g/mol. The standard InChI is InChI=1S/C11H9BrCl2N2O2/c1-16-8(17)4-7(11(16)18)15-6-3-2-5(12)9(13)10(6)14/h2-3,7,15H,4H2,1H3. The number of likely N-dealkylation sites (N-methyl/N-ethyl adjacent to an activating group) is 1. The number of benzene rings is 1. The summed E-state index contributed by atoms with van der Waals surface area (Å²) < 4.78 is 0.672. The molecule has 4 nitrogen and oxygen atoms in total. The van der Waals surface area contributed by atoms with Gasteiger partial charge in [-0.2, -0.15) is 0 Å². The lowest BCUT2D eigenvalue weighted by Gasteiger charge is -2.14. The Morgan fingerprint density at radius 3 is 2.56 bits per heavy atom. The first kappa shape index (κ1) is 13.6. The van der Waals surface area contributed by atoms with E-state index in [1.54, 1.807) is 12.1 Å².